The predicted molar refractivity (Wildman–Crippen MR) is 55.1 cm³/mol. The predicted octanol–water partition coefficient (Wildman–Crippen LogP) is 1.32. The van der Waals surface area contributed by atoms with Crippen LogP contribution in [0.3, 0.4) is 0 Å². The molecule has 74 valence electrons. The average molecular weight is 219 g/mol. The number of anilines is 1. The van der Waals surface area contributed by atoms with Gasteiger partial charge in [-0.3, -0.25) is 4.98 Å². The maximum absolute atomic E-state index is 5.58. The Balaban J connectivity index is 2.24. The van der Waals surface area contributed by atoms with Crippen LogP contribution in [0.2, 0.25) is 0 Å². The fourth-order valence-electron chi connectivity index (χ4n) is 1.23. The molecular formula is C8H5N5OS. The number of aromatic nitrogens is 4. The topological polar surface area (TPSA) is 90.7 Å². The molecule has 0 spiro atoms. The first-order valence-electron chi connectivity index (χ1n) is 4.13. The minimum atomic E-state index is 0.252. The summed E-state index contributed by atoms with van der Waals surface area (Å²) in [5.41, 5.74) is 6.88. The van der Waals surface area contributed by atoms with Crippen molar-refractivity contribution >= 4 is 27.4 Å². The fourth-order valence-corrected chi connectivity index (χ4v) is 2.15. The van der Waals surface area contributed by atoms with Gasteiger partial charge in [0.25, 0.3) is 0 Å². The molecule has 0 unspecified atom stereocenters. The van der Waals surface area contributed by atoms with Crippen LogP contribution >= 0.6 is 11.3 Å². The van der Waals surface area contributed by atoms with Crippen LogP contribution in [0.4, 0.5) is 5.82 Å². The molecule has 3 heterocycles. The molecule has 15 heavy (non-hydrogen) atoms. The van der Waals surface area contributed by atoms with Gasteiger partial charge in [-0.1, -0.05) is 0 Å². The summed E-state index contributed by atoms with van der Waals surface area (Å²) in [6, 6.07) is 1.89. The van der Waals surface area contributed by atoms with Crippen molar-refractivity contribution in [3.8, 4) is 10.7 Å². The molecule has 3 aromatic rings. The normalized spacial score (nSPS) is 10.9. The van der Waals surface area contributed by atoms with Gasteiger partial charge in [0.2, 0.25) is 0 Å². The molecule has 0 fully saturated rings. The summed E-state index contributed by atoms with van der Waals surface area (Å²) in [6.07, 6.45) is 3.41. The number of fused-ring (bicyclic) bond motifs is 1. The van der Waals surface area contributed by atoms with Crippen LogP contribution in [0.5, 0.6) is 0 Å². The molecule has 0 aliphatic rings. The van der Waals surface area contributed by atoms with Gasteiger partial charge in [0, 0.05) is 6.20 Å². The molecule has 3 rings (SSSR count). The molecule has 6 nitrogen and oxygen atoms in total. The van der Waals surface area contributed by atoms with E-state index >= 15 is 0 Å². The van der Waals surface area contributed by atoms with Gasteiger partial charge in [0.05, 0.1) is 10.9 Å². The molecule has 0 bridgehead atoms. The van der Waals surface area contributed by atoms with Gasteiger partial charge in [0.15, 0.2) is 16.5 Å². The molecule has 0 aliphatic heterocycles. The van der Waals surface area contributed by atoms with E-state index < -0.39 is 0 Å². The first kappa shape index (κ1) is 8.30. The maximum atomic E-state index is 5.58. The number of nitrogens with two attached hydrogens (primary N) is 1. The Morgan fingerprint density at radius 3 is 3.00 bits per heavy atom. The molecule has 0 saturated carbocycles. The molecule has 3 aromatic heterocycles. The third-order valence-electron chi connectivity index (χ3n) is 1.91. The molecule has 0 radical (unpaired) electrons. The summed E-state index contributed by atoms with van der Waals surface area (Å²) in [4.78, 5) is 8.31. The summed E-state index contributed by atoms with van der Waals surface area (Å²) in [7, 11) is 0. The van der Waals surface area contributed by atoms with Crippen molar-refractivity contribution in [3.05, 3.63) is 18.5 Å². The quantitative estimate of drug-likeness (QED) is 0.663. The average Bonchev–Trinajstić information content (AvgIpc) is 2.82. The minimum absolute atomic E-state index is 0.252. The lowest BCUT2D eigenvalue weighted by atomic mass is 10.4. The fraction of sp³-hybridized carbons (Fsp3) is 0. The summed E-state index contributed by atoms with van der Waals surface area (Å²) in [5.74, 6) is 0.252. The monoisotopic (exact) mass is 219 g/mol. The standard InChI is InChI=1S/C8H5N5OS/c9-7-6(12-14-13-7)8-11-4-3-10-2-1-5(4)15-8/h1-3H,(H2,9,13). The van der Waals surface area contributed by atoms with E-state index in [1.54, 1.807) is 12.4 Å². The third-order valence-corrected chi connectivity index (χ3v) is 2.95. The van der Waals surface area contributed by atoms with Crippen LogP contribution in [-0.2, 0) is 0 Å². The van der Waals surface area contributed by atoms with Gasteiger partial charge >= 0.3 is 0 Å². The Kier molecular flexibility index (Phi) is 1.65. The zero-order valence-electron chi connectivity index (χ0n) is 7.41. The SMILES string of the molecule is Nc1nonc1-c1nc2cnccc2s1. The van der Waals surface area contributed by atoms with Gasteiger partial charge < -0.3 is 5.73 Å². The van der Waals surface area contributed by atoms with E-state index in [0.717, 1.165) is 10.2 Å². The summed E-state index contributed by atoms with van der Waals surface area (Å²) < 4.78 is 5.55. The first-order chi connectivity index (χ1) is 7.34. The number of rotatable bonds is 1. The van der Waals surface area contributed by atoms with Gasteiger partial charge in [-0.2, -0.15) is 0 Å². The van der Waals surface area contributed by atoms with Crippen molar-refractivity contribution in [2.45, 2.75) is 0 Å². The third kappa shape index (κ3) is 1.24. The lowest BCUT2D eigenvalue weighted by Crippen LogP contribution is -1.87. The number of hydrogen-bond acceptors (Lipinski definition) is 7. The van der Waals surface area contributed by atoms with E-state index in [0.29, 0.717) is 10.7 Å². The smallest absolute Gasteiger partial charge is 0.198 e. The highest BCUT2D eigenvalue weighted by Crippen LogP contribution is 2.30. The molecule has 0 amide bonds. The highest BCUT2D eigenvalue weighted by molar-refractivity contribution is 7.21. The second-order valence-corrected chi connectivity index (χ2v) is 3.89. The molecule has 7 heteroatoms. The van der Waals surface area contributed by atoms with Crippen molar-refractivity contribution < 1.29 is 4.63 Å². The van der Waals surface area contributed by atoms with Crippen LogP contribution in [0.25, 0.3) is 20.9 Å². The Morgan fingerprint density at radius 2 is 2.27 bits per heavy atom. The largest absolute Gasteiger partial charge is 0.379 e. The van der Waals surface area contributed by atoms with Crippen LogP contribution < -0.4 is 5.73 Å². The molecule has 0 saturated heterocycles. The highest BCUT2D eigenvalue weighted by atomic mass is 32.1. The Labute approximate surface area is 87.7 Å². The Bertz CT molecular complexity index is 583. The van der Waals surface area contributed by atoms with Crippen molar-refractivity contribution in [3.63, 3.8) is 0 Å². The number of pyridine rings is 1. The Hall–Kier alpha value is -2.02. The van der Waals surface area contributed by atoms with Gasteiger partial charge in [-0.25, -0.2) is 9.61 Å². The molecule has 0 atom stereocenters. The number of thiazole rings is 1. The van der Waals surface area contributed by atoms with Crippen LogP contribution in [0.15, 0.2) is 23.1 Å². The van der Waals surface area contributed by atoms with Gasteiger partial charge in [0.1, 0.15) is 5.52 Å². The van der Waals surface area contributed by atoms with Gasteiger partial charge in [-0.05, 0) is 16.4 Å². The molecule has 0 aromatic carbocycles. The lowest BCUT2D eigenvalue weighted by Gasteiger charge is -1.84. The highest BCUT2D eigenvalue weighted by Gasteiger charge is 2.13. The maximum Gasteiger partial charge on any atom is 0.198 e. The van der Waals surface area contributed by atoms with Crippen molar-refractivity contribution in [1.29, 1.82) is 0 Å². The van der Waals surface area contributed by atoms with E-state index in [4.69, 9.17) is 5.73 Å². The van der Waals surface area contributed by atoms with E-state index in [-0.39, 0.29) is 5.82 Å². The second-order valence-electron chi connectivity index (χ2n) is 2.86. The van der Waals surface area contributed by atoms with E-state index in [1.807, 2.05) is 6.07 Å². The molecular weight excluding hydrogens is 214 g/mol. The zero-order chi connectivity index (χ0) is 10.3. The van der Waals surface area contributed by atoms with E-state index in [9.17, 15) is 0 Å². The molecule has 0 aliphatic carbocycles. The van der Waals surface area contributed by atoms with E-state index in [2.05, 4.69) is 24.9 Å². The minimum Gasteiger partial charge on any atom is -0.379 e. The molecule has 2 N–H and O–H groups in total. The first-order valence-corrected chi connectivity index (χ1v) is 4.95. The number of nitrogens with zero attached hydrogens (tertiary/aromatic N) is 4. The summed E-state index contributed by atoms with van der Waals surface area (Å²) in [6.45, 7) is 0. The summed E-state index contributed by atoms with van der Waals surface area (Å²) >= 11 is 1.48. The van der Waals surface area contributed by atoms with Crippen molar-refractivity contribution in [1.82, 2.24) is 20.3 Å². The van der Waals surface area contributed by atoms with E-state index in [1.165, 1.54) is 11.3 Å². The number of hydrogen-bond donors (Lipinski definition) is 1. The number of nitrogen functional groups attached to an aromatic ring is 1. The van der Waals surface area contributed by atoms with Crippen molar-refractivity contribution in [2.75, 3.05) is 5.73 Å². The van der Waals surface area contributed by atoms with Crippen molar-refractivity contribution in [2.24, 2.45) is 0 Å². The van der Waals surface area contributed by atoms with Crippen LogP contribution in [0, 0.1) is 0 Å². The summed E-state index contributed by atoms with van der Waals surface area (Å²) in [5, 5.41) is 7.89. The zero-order valence-corrected chi connectivity index (χ0v) is 8.23. The van der Waals surface area contributed by atoms with Gasteiger partial charge in [-0.15, -0.1) is 11.3 Å². The van der Waals surface area contributed by atoms with Crippen LogP contribution in [-0.4, -0.2) is 20.3 Å². The lowest BCUT2D eigenvalue weighted by molar-refractivity contribution is 0.310. The van der Waals surface area contributed by atoms with Crippen LogP contribution in [0.1, 0.15) is 0 Å². The Morgan fingerprint density at radius 1 is 1.33 bits per heavy atom. The second kappa shape index (κ2) is 2.99.